The van der Waals surface area contributed by atoms with Gasteiger partial charge >= 0.3 is 5.25 Å². The van der Waals surface area contributed by atoms with Crippen LogP contribution in [0, 0.1) is 0 Å². The molecule has 1 aliphatic rings. The van der Waals surface area contributed by atoms with Gasteiger partial charge in [-0.25, -0.2) is 14.6 Å². The molecule has 0 aliphatic carbocycles. The molecule has 0 spiro atoms. The van der Waals surface area contributed by atoms with Crippen LogP contribution in [0.25, 0.3) is 16.9 Å². The summed E-state index contributed by atoms with van der Waals surface area (Å²) in [5.74, 6) is 1.36. The first-order valence-electron chi connectivity index (χ1n) is 11.4. The number of nitrogens with zero attached hydrogens (tertiary/aromatic N) is 6. The van der Waals surface area contributed by atoms with Gasteiger partial charge < -0.3 is 15.1 Å². The summed E-state index contributed by atoms with van der Waals surface area (Å²) in [6.07, 6.45) is 4.02. The van der Waals surface area contributed by atoms with Gasteiger partial charge in [0.1, 0.15) is 18.5 Å². The molecule has 0 radical (unpaired) electrons. The average Bonchev–Trinajstić information content (AvgIpc) is 3.35. The number of halogens is 2. The molecular formula is C26H25F2N7S. The number of alkyl halides is 2. The molecule has 2 aromatic carbocycles. The zero-order valence-corrected chi connectivity index (χ0v) is 20.5. The smallest absolute Gasteiger partial charge is 0.316 e. The van der Waals surface area contributed by atoms with Gasteiger partial charge in [0.25, 0.3) is 0 Å². The SMILES string of the molecule is C=C(Nc1cccc(-n2cncn2)c1)N1CCCN(C)c2ccc(-c3cccc(C(F)(F)S)c3)nc21. The largest absolute Gasteiger partial charge is 0.372 e. The first-order chi connectivity index (χ1) is 17.3. The second-order valence-corrected chi connectivity index (χ2v) is 9.11. The van der Waals surface area contributed by atoms with Crippen molar-refractivity contribution in [2.24, 2.45) is 0 Å². The van der Waals surface area contributed by atoms with Crippen molar-refractivity contribution in [1.82, 2.24) is 19.7 Å². The van der Waals surface area contributed by atoms with Crippen LogP contribution >= 0.6 is 12.6 Å². The molecule has 0 fully saturated rings. The van der Waals surface area contributed by atoms with Gasteiger partial charge in [0, 0.05) is 37.0 Å². The predicted molar refractivity (Wildman–Crippen MR) is 142 cm³/mol. The molecule has 0 saturated carbocycles. The van der Waals surface area contributed by atoms with E-state index in [1.807, 2.05) is 48.3 Å². The monoisotopic (exact) mass is 505 g/mol. The van der Waals surface area contributed by atoms with Gasteiger partial charge in [-0.2, -0.15) is 13.9 Å². The van der Waals surface area contributed by atoms with E-state index in [0.717, 1.165) is 30.0 Å². The highest BCUT2D eigenvalue weighted by Crippen LogP contribution is 2.37. The minimum absolute atomic E-state index is 0.174. The van der Waals surface area contributed by atoms with Crippen LogP contribution in [-0.4, -0.2) is 39.9 Å². The van der Waals surface area contributed by atoms with Gasteiger partial charge in [-0.05, 0) is 42.8 Å². The Kier molecular flexibility index (Phi) is 6.36. The Balaban J connectivity index is 1.48. The summed E-state index contributed by atoms with van der Waals surface area (Å²) in [7, 11) is 2.02. The zero-order chi connectivity index (χ0) is 25.3. The van der Waals surface area contributed by atoms with Crippen LogP contribution in [0.4, 0.5) is 26.0 Å². The van der Waals surface area contributed by atoms with Gasteiger partial charge in [-0.1, -0.05) is 30.8 Å². The van der Waals surface area contributed by atoms with Gasteiger partial charge in [0.2, 0.25) is 0 Å². The average molecular weight is 506 g/mol. The summed E-state index contributed by atoms with van der Waals surface area (Å²) in [5.41, 5.74) is 3.65. The van der Waals surface area contributed by atoms with Gasteiger partial charge in [0.05, 0.1) is 17.1 Å². The van der Waals surface area contributed by atoms with E-state index >= 15 is 0 Å². The van der Waals surface area contributed by atoms with Crippen molar-refractivity contribution in [3.05, 3.63) is 91.3 Å². The van der Waals surface area contributed by atoms with E-state index in [-0.39, 0.29) is 5.56 Å². The van der Waals surface area contributed by atoms with Crippen molar-refractivity contribution in [3.63, 3.8) is 0 Å². The molecule has 1 N–H and O–H groups in total. The molecule has 4 aromatic rings. The molecule has 184 valence electrons. The summed E-state index contributed by atoms with van der Waals surface area (Å²) in [5, 5.41) is 4.34. The minimum atomic E-state index is -3.23. The Bertz CT molecular complexity index is 1390. The van der Waals surface area contributed by atoms with E-state index in [1.54, 1.807) is 23.1 Å². The number of anilines is 3. The predicted octanol–water partition coefficient (Wildman–Crippen LogP) is 5.54. The topological polar surface area (TPSA) is 62.1 Å². The number of benzene rings is 2. The molecule has 0 atom stereocenters. The maximum atomic E-state index is 13.8. The number of fused-ring (bicyclic) bond motifs is 1. The highest BCUT2D eigenvalue weighted by Gasteiger charge is 2.27. The van der Waals surface area contributed by atoms with E-state index < -0.39 is 5.25 Å². The molecule has 0 amide bonds. The Hall–Kier alpha value is -3.92. The van der Waals surface area contributed by atoms with E-state index in [0.29, 0.717) is 29.4 Å². The molecule has 0 unspecified atom stereocenters. The molecule has 3 heterocycles. The number of hydrogen-bond acceptors (Lipinski definition) is 7. The van der Waals surface area contributed by atoms with Crippen molar-refractivity contribution in [1.29, 1.82) is 0 Å². The van der Waals surface area contributed by atoms with Crippen LogP contribution in [-0.2, 0) is 5.25 Å². The zero-order valence-electron chi connectivity index (χ0n) is 19.6. The Morgan fingerprint density at radius 1 is 1.08 bits per heavy atom. The summed E-state index contributed by atoms with van der Waals surface area (Å²) >= 11 is 3.43. The van der Waals surface area contributed by atoms with Crippen molar-refractivity contribution < 1.29 is 8.78 Å². The highest BCUT2D eigenvalue weighted by atomic mass is 32.1. The molecule has 1 aliphatic heterocycles. The minimum Gasteiger partial charge on any atom is -0.372 e. The third kappa shape index (κ3) is 4.90. The van der Waals surface area contributed by atoms with E-state index in [9.17, 15) is 8.78 Å². The van der Waals surface area contributed by atoms with E-state index in [4.69, 9.17) is 4.98 Å². The molecule has 0 bridgehead atoms. The molecule has 36 heavy (non-hydrogen) atoms. The van der Waals surface area contributed by atoms with Crippen LogP contribution in [0.3, 0.4) is 0 Å². The molecule has 10 heteroatoms. The van der Waals surface area contributed by atoms with Crippen molar-refractivity contribution in [2.45, 2.75) is 11.7 Å². The summed E-state index contributed by atoms with van der Waals surface area (Å²) in [4.78, 5) is 13.1. The standard InChI is InChI=1S/C26H25F2N7S/c1-18(31-21-8-4-9-22(15-21)35-17-29-16-30-35)34-13-5-12-33(2)24-11-10-23(32-25(24)34)19-6-3-7-20(14-19)26(27,28)36/h3-4,6-11,14-17,31,36H,1,5,12-13H2,2H3. The maximum absolute atomic E-state index is 13.8. The summed E-state index contributed by atoms with van der Waals surface area (Å²) in [6, 6.07) is 17.7. The number of rotatable bonds is 6. The van der Waals surface area contributed by atoms with Crippen molar-refractivity contribution in [3.8, 4) is 16.9 Å². The fourth-order valence-corrected chi connectivity index (χ4v) is 4.36. The maximum Gasteiger partial charge on any atom is 0.316 e. The lowest BCUT2D eigenvalue weighted by atomic mass is 10.1. The first-order valence-corrected chi connectivity index (χ1v) is 11.9. The summed E-state index contributed by atoms with van der Waals surface area (Å²) in [6.45, 7) is 5.83. The number of thiol groups is 1. The van der Waals surface area contributed by atoms with E-state index in [2.05, 4.69) is 39.5 Å². The number of nitrogens with one attached hydrogen (secondary N) is 1. The lowest BCUT2D eigenvalue weighted by Gasteiger charge is -2.27. The highest BCUT2D eigenvalue weighted by molar-refractivity contribution is 7.81. The van der Waals surface area contributed by atoms with E-state index in [1.165, 1.54) is 18.5 Å². The Labute approximate surface area is 213 Å². The van der Waals surface area contributed by atoms with Crippen molar-refractivity contribution >= 4 is 29.8 Å². The Morgan fingerprint density at radius 3 is 2.69 bits per heavy atom. The normalized spacial score (nSPS) is 13.8. The van der Waals surface area contributed by atoms with Crippen LogP contribution in [0.1, 0.15) is 12.0 Å². The van der Waals surface area contributed by atoms with Gasteiger partial charge in [-0.3, -0.25) is 0 Å². The van der Waals surface area contributed by atoms with Crippen LogP contribution in [0.5, 0.6) is 0 Å². The fraction of sp³-hybridized carbons (Fsp3) is 0.192. The fourth-order valence-electron chi connectivity index (χ4n) is 4.22. The second kappa shape index (κ2) is 9.62. The molecule has 2 aromatic heterocycles. The number of pyridine rings is 1. The van der Waals surface area contributed by atoms with Gasteiger partial charge in [0.15, 0.2) is 5.82 Å². The second-order valence-electron chi connectivity index (χ2n) is 8.55. The quantitative estimate of drug-likeness (QED) is 0.336. The molecule has 7 nitrogen and oxygen atoms in total. The third-order valence-electron chi connectivity index (χ3n) is 6.05. The first kappa shape index (κ1) is 23.8. The van der Waals surface area contributed by atoms with Crippen LogP contribution < -0.4 is 15.1 Å². The van der Waals surface area contributed by atoms with Crippen LogP contribution in [0.2, 0.25) is 0 Å². The molecule has 5 rings (SSSR count). The molecular weight excluding hydrogens is 480 g/mol. The van der Waals surface area contributed by atoms with Crippen LogP contribution in [0.15, 0.2) is 85.7 Å². The van der Waals surface area contributed by atoms with Crippen molar-refractivity contribution in [2.75, 3.05) is 35.3 Å². The number of aromatic nitrogens is 4. The Morgan fingerprint density at radius 2 is 1.92 bits per heavy atom. The van der Waals surface area contributed by atoms with Gasteiger partial charge in [-0.15, -0.1) is 12.6 Å². The molecule has 0 saturated heterocycles. The third-order valence-corrected chi connectivity index (χ3v) is 6.30. The lowest BCUT2D eigenvalue weighted by Crippen LogP contribution is -2.28. The lowest BCUT2D eigenvalue weighted by molar-refractivity contribution is 0.108. The summed E-state index contributed by atoms with van der Waals surface area (Å²) < 4.78 is 29.3. The number of hydrogen-bond donors (Lipinski definition) is 2.